The molecule has 1 atom stereocenters. The van der Waals surface area contributed by atoms with Crippen molar-refractivity contribution in [2.24, 2.45) is 0 Å². The summed E-state index contributed by atoms with van der Waals surface area (Å²) in [4.78, 5) is 25.7. The van der Waals surface area contributed by atoms with E-state index < -0.39 is 12.0 Å². The molecule has 0 aromatic heterocycles. The second kappa shape index (κ2) is 7.08. The van der Waals surface area contributed by atoms with Crippen molar-refractivity contribution < 1.29 is 23.8 Å². The van der Waals surface area contributed by atoms with Gasteiger partial charge in [-0.25, -0.2) is 4.79 Å². The Labute approximate surface area is 123 Å². The van der Waals surface area contributed by atoms with Gasteiger partial charge in [-0.15, -0.1) is 0 Å². The predicted molar refractivity (Wildman–Crippen MR) is 75.0 cm³/mol. The first-order valence-corrected chi connectivity index (χ1v) is 6.73. The summed E-state index contributed by atoms with van der Waals surface area (Å²) < 4.78 is 15.1. The average molecular weight is 293 g/mol. The van der Waals surface area contributed by atoms with Crippen LogP contribution in [0.3, 0.4) is 0 Å². The Morgan fingerprint density at radius 3 is 2.90 bits per heavy atom. The monoisotopic (exact) mass is 293 g/mol. The first-order chi connectivity index (χ1) is 10.2. The minimum atomic E-state index is -0.665. The Morgan fingerprint density at radius 1 is 1.38 bits per heavy atom. The van der Waals surface area contributed by atoms with Crippen molar-refractivity contribution in [2.45, 2.75) is 12.5 Å². The van der Waals surface area contributed by atoms with Crippen LogP contribution in [0.1, 0.15) is 5.56 Å². The lowest BCUT2D eigenvalue weighted by molar-refractivity contribution is -0.160. The van der Waals surface area contributed by atoms with Crippen LogP contribution in [0.2, 0.25) is 0 Å². The summed E-state index contributed by atoms with van der Waals surface area (Å²) >= 11 is 0. The number of amides is 1. The van der Waals surface area contributed by atoms with Crippen molar-refractivity contribution in [3.05, 3.63) is 29.8 Å². The van der Waals surface area contributed by atoms with Crippen LogP contribution in [0.25, 0.3) is 0 Å². The van der Waals surface area contributed by atoms with E-state index in [1.165, 1.54) is 12.0 Å². The number of hydrogen-bond acceptors (Lipinski definition) is 5. The molecular formula is C15H19NO5. The van der Waals surface area contributed by atoms with E-state index in [0.717, 1.165) is 5.56 Å². The highest BCUT2D eigenvalue weighted by molar-refractivity contribution is 5.86. The molecular weight excluding hydrogens is 274 g/mol. The van der Waals surface area contributed by atoms with Crippen molar-refractivity contribution in [3.63, 3.8) is 0 Å². The number of methoxy groups -OCH3 is 2. The van der Waals surface area contributed by atoms with Gasteiger partial charge in [0.05, 0.1) is 33.9 Å². The highest BCUT2D eigenvalue weighted by Gasteiger charge is 2.33. The zero-order chi connectivity index (χ0) is 15.2. The van der Waals surface area contributed by atoms with Crippen LogP contribution >= 0.6 is 0 Å². The van der Waals surface area contributed by atoms with E-state index >= 15 is 0 Å². The van der Waals surface area contributed by atoms with Gasteiger partial charge in [0.1, 0.15) is 5.75 Å². The molecule has 1 saturated heterocycles. The van der Waals surface area contributed by atoms with Gasteiger partial charge in [0.2, 0.25) is 5.91 Å². The van der Waals surface area contributed by atoms with Gasteiger partial charge in [-0.1, -0.05) is 12.1 Å². The number of benzene rings is 1. The lowest BCUT2D eigenvalue weighted by Gasteiger charge is -2.33. The number of ether oxygens (including phenoxy) is 3. The van der Waals surface area contributed by atoms with Crippen molar-refractivity contribution in [1.29, 1.82) is 0 Å². The quantitative estimate of drug-likeness (QED) is 0.762. The number of nitrogens with zero attached hydrogens (tertiary/aromatic N) is 1. The number of hydrogen-bond donors (Lipinski definition) is 0. The predicted octanol–water partition coefficient (Wildman–Crippen LogP) is 0.638. The number of morpholine rings is 1. The molecule has 1 fully saturated rings. The molecule has 1 unspecified atom stereocenters. The average Bonchev–Trinajstić information content (AvgIpc) is 2.54. The summed E-state index contributed by atoms with van der Waals surface area (Å²) in [5, 5.41) is 0. The maximum absolute atomic E-state index is 12.4. The van der Waals surface area contributed by atoms with Gasteiger partial charge in [-0.05, 0) is 17.7 Å². The fourth-order valence-corrected chi connectivity index (χ4v) is 2.29. The summed E-state index contributed by atoms with van der Waals surface area (Å²) in [7, 11) is 2.89. The third-order valence-electron chi connectivity index (χ3n) is 3.41. The van der Waals surface area contributed by atoms with Gasteiger partial charge in [-0.2, -0.15) is 0 Å². The highest BCUT2D eigenvalue weighted by atomic mass is 16.5. The molecule has 0 radical (unpaired) electrons. The molecule has 6 nitrogen and oxygen atoms in total. The molecule has 0 saturated carbocycles. The van der Waals surface area contributed by atoms with Crippen molar-refractivity contribution in [3.8, 4) is 5.75 Å². The van der Waals surface area contributed by atoms with Crippen molar-refractivity contribution >= 4 is 11.9 Å². The Morgan fingerprint density at radius 2 is 2.19 bits per heavy atom. The lowest BCUT2D eigenvalue weighted by Crippen LogP contribution is -2.53. The first-order valence-electron chi connectivity index (χ1n) is 6.73. The minimum Gasteiger partial charge on any atom is -0.497 e. The Balaban J connectivity index is 2.08. The van der Waals surface area contributed by atoms with Crippen LogP contribution in [-0.4, -0.2) is 56.8 Å². The van der Waals surface area contributed by atoms with E-state index in [4.69, 9.17) is 14.2 Å². The van der Waals surface area contributed by atoms with E-state index in [-0.39, 0.29) is 18.9 Å². The second-order valence-corrected chi connectivity index (χ2v) is 4.73. The minimum absolute atomic E-state index is 0.123. The van der Waals surface area contributed by atoms with E-state index in [1.807, 2.05) is 24.3 Å². The second-order valence-electron chi connectivity index (χ2n) is 4.73. The van der Waals surface area contributed by atoms with Gasteiger partial charge in [0, 0.05) is 6.54 Å². The van der Waals surface area contributed by atoms with E-state index in [1.54, 1.807) is 7.11 Å². The fraction of sp³-hybridized carbons (Fsp3) is 0.467. The normalized spacial score (nSPS) is 18.2. The van der Waals surface area contributed by atoms with Gasteiger partial charge in [0.25, 0.3) is 0 Å². The van der Waals surface area contributed by atoms with E-state index in [0.29, 0.717) is 18.9 Å². The number of esters is 1. The molecule has 1 amide bonds. The zero-order valence-electron chi connectivity index (χ0n) is 12.2. The molecule has 1 aliphatic heterocycles. The topological polar surface area (TPSA) is 65.1 Å². The van der Waals surface area contributed by atoms with Crippen molar-refractivity contribution in [2.75, 3.05) is 34.0 Å². The zero-order valence-corrected chi connectivity index (χ0v) is 12.2. The molecule has 0 bridgehead atoms. The Hall–Kier alpha value is -2.08. The molecule has 1 aromatic carbocycles. The molecule has 0 spiro atoms. The van der Waals surface area contributed by atoms with Crippen LogP contribution in [0.4, 0.5) is 0 Å². The largest absolute Gasteiger partial charge is 0.497 e. The van der Waals surface area contributed by atoms with E-state index in [9.17, 15) is 9.59 Å². The Bertz CT molecular complexity index is 517. The molecule has 1 aliphatic rings. The van der Waals surface area contributed by atoms with Crippen LogP contribution in [0, 0.1) is 0 Å². The van der Waals surface area contributed by atoms with Gasteiger partial charge in [0.15, 0.2) is 6.04 Å². The summed E-state index contributed by atoms with van der Waals surface area (Å²) in [5.74, 6) is 0.127. The van der Waals surface area contributed by atoms with E-state index in [2.05, 4.69) is 0 Å². The number of rotatable bonds is 4. The smallest absolute Gasteiger partial charge is 0.331 e. The molecule has 21 heavy (non-hydrogen) atoms. The number of carbonyl (C=O) groups excluding carboxylic acids is 2. The third-order valence-corrected chi connectivity index (χ3v) is 3.41. The maximum Gasteiger partial charge on any atom is 0.331 e. The summed E-state index contributed by atoms with van der Waals surface area (Å²) in [6, 6.07) is 6.65. The molecule has 6 heteroatoms. The van der Waals surface area contributed by atoms with Gasteiger partial charge < -0.3 is 19.1 Å². The third kappa shape index (κ3) is 3.72. The fourth-order valence-electron chi connectivity index (χ4n) is 2.29. The maximum atomic E-state index is 12.4. The summed E-state index contributed by atoms with van der Waals surface area (Å²) in [6.07, 6.45) is 0.213. The van der Waals surface area contributed by atoms with Crippen LogP contribution in [0.15, 0.2) is 24.3 Å². The highest BCUT2D eigenvalue weighted by Crippen LogP contribution is 2.16. The molecule has 1 aromatic rings. The summed E-state index contributed by atoms with van der Waals surface area (Å²) in [5.41, 5.74) is 0.842. The standard InChI is InChI=1S/C15H19NO5/c1-19-12-5-3-4-11(8-12)9-14(17)16-6-7-21-10-13(16)15(18)20-2/h3-5,8,13H,6-7,9-10H2,1-2H3. The van der Waals surface area contributed by atoms with Gasteiger partial charge in [-0.3, -0.25) is 4.79 Å². The molecule has 1 heterocycles. The SMILES string of the molecule is COC(=O)C1COCCN1C(=O)Cc1cccc(OC)c1. The molecule has 0 aliphatic carbocycles. The lowest BCUT2D eigenvalue weighted by atomic mass is 10.1. The molecule has 0 N–H and O–H groups in total. The van der Waals surface area contributed by atoms with Gasteiger partial charge >= 0.3 is 5.97 Å². The number of carbonyl (C=O) groups is 2. The van der Waals surface area contributed by atoms with Crippen LogP contribution in [0.5, 0.6) is 5.75 Å². The first kappa shape index (κ1) is 15.3. The van der Waals surface area contributed by atoms with Crippen LogP contribution < -0.4 is 4.74 Å². The molecule has 114 valence electrons. The molecule has 2 rings (SSSR count). The van der Waals surface area contributed by atoms with Crippen molar-refractivity contribution in [1.82, 2.24) is 4.90 Å². The summed E-state index contributed by atoms with van der Waals surface area (Å²) in [6.45, 7) is 0.996. The van der Waals surface area contributed by atoms with Crippen LogP contribution in [-0.2, 0) is 25.5 Å². The Kier molecular flexibility index (Phi) is 5.16.